The number of methoxy groups -OCH3 is 1. The lowest BCUT2D eigenvalue weighted by Gasteiger charge is -2.48. The molecular weight excluding hydrogens is 556 g/mol. The van der Waals surface area contributed by atoms with Gasteiger partial charge in [-0.15, -0.1) is 0 Å². The van der Waals surface area contributed by atoms with Crippen LogP contribution in [-0.4, -0.2) is 26.8 Å². The fraction of sp³-hybridized carbons (Fsp3) is 0.639. The summed E-state index contributed by atoms with van der Waals surface area (Å²) in [5.41, 5.74) is 5.73. The van der Waals surface area contributed by atoms with Crippen molar-refractivity contribution in [1.29, 1.82) is 0 Å². The van der Waals surface area contributed by atoms with Gasteiger partial charge in [0, 0.05) is 23.1 Å². The van der Waals surface area contributed by atoms with Gasteiger partial charge in [0.2, 0.25) is 0 Å². The topological polar surface area (TPSA) is 77.0 Å². The van der Waals surface area contributed by atoms with Crippen molar-refractivity contribution in [2.45, 2.75) is 141 Å². The first-order chi connectivity index (χ1) is 20.2. The minimum absolute atomic E-state index is 0.0613. The van der Waals surface area contributed by atoms with Crippen molar-refractivity contribution in [2.24, 2.45) is 11.0 Å². The van der Waals surface area contributed by atoms with E-state index < -0.39 is 10.0 Å². The highest BCUT2D eigenvalue weighted by Crippen LogP contribution is 2.54. The number of hydrazone groups is 1. The van der Waals surface area contributed by atoms with Crippen LogP contribution in [0.3, 0.4) is 0 Å². The van der Waals surface area contributed by atoms with Gasteiger partial charge in [-0.05, 0) is 98.1 Å². The molecule has 2 aromatic carbocycles. The molecule has 2 aliphatic rings. The third-order valence-electron chi connectivity index (χ3n) is 9.45. The maximum Gasteiger partial charge on any atom is 0.277 e. The van der Waals surface area contributed by atoms with Gasteiger partial charge in [-0.25, -0.2) is 4.83 Å². The number of unbranched alkanes of at least 4 members (excludes halogenated alkanes) is 2. The number of aryl methyl sites for hydroxylation is 1. The molecule has 7 heteroatoms. The number of sulfonamides is 1. The highest BCUT2D eigenvalue weighted by Gasteiger charge is 2.47. The van der Waals surface area contributed by atoms with E-state index in [2.05, 4.69) is 96.5 Å². The van der Waals surface area contributed by atoms with Crippen molar-refractivity contribution in [2.75, 3.05) is 7.11 Å². The van der Waals surface area contributed by atoms with E-state index in [9.17, 15) is 8.42 Å². The number of hydrogen-bond donors (Lipinski definition) is 1. The van der Waals surface area contributed by atoms with Crippen LogP contribution in [0.15, 0.2) is 34.3 Å². The van der Waals surface area contributed by atoms with Gasteiger partial charge in [0.1, 0.15) is 17.1 Å². The Labute approximate surface area is 261 Å². The Hall–Kier alpha value is -2.54. The number of nitrogens with one attached hydrogen (secondary N) is 1. The number of nitrogens with zero attached hydrogens (tertiary/aromatic N) is 1. The molecule has 1 fully saturated rings. The molecule has 0 bridgehead atoms. The van der Waals surface area contributed by atoms with Gasteiger partial charge in [0.15, 0.2) is 0 Å². The Bertz CT molecular complexity index is 1410. The average Bonchev–Trinajstić information content (AvgIpc) is 2.94. The molecule has 238 valence electrons. The lowest BCUT2D eigenvalue weighted by Crippen LogP contribution is -2.47. The lowest BCUT2D eigenvalue weighted by molar-refractivity contribution is 0.00323. The number of benzene rings is 2. The van der Waals surface area contributed by atoms with Crippen molar-refractivity contribution in [1.82, 2.24) is 4.83 Å². The normalized spacial score (nSPS) is 20.7. The largest absolute Gasteiger partial charge is 0.496 e. The Morgan fingerprint density at radius 3 is 2.21 bits per heavy atom. The quantitative estimate of drug-likeness (QED) is 0.203. The second-order valence-electron chi connectivity index (χ2n) is 14.1. The smallest absolute Gasteiger partial charge is 0.277 e. The fourth-order valence-corrected chi connectivity index (χ4v) is 8.54. The second-order valence-corrected chi connectivity index (χ2v) is 15.7. The van der Waals surface area contributed by atoms with Gasteiger partial charge in [-0.2, -0.15) is 13.5 Å². The Balaban J connectivity index is 1.69. The van der Waals surface area contributed by atoms with E-state index in [0.29, 0.717) is 17.2 Å². The first-order valence-corrected chi connectivity index (χ1v) is 17.8. The monoisotopic (exact) mass is 610 g/mol. The van der Waals surface area contributed by atoms with E-state index in [4.69, 9.17) is 9.47 Å². The average molecular weight is 611 g/mol. The molecule has 1 N–H and O–H groups in total. The minimum atomic E-state index is -3.88. The zero-order valence-corrected chi connectivity index (χ0v) is 29.0. The summed E-state index contributed by atoms with van der Waals surface area (Å²) in [6.07, 6.45) is 6.79. The van der Waals surface area contributed by atoms with Crippen LogP contribution in [0.5, 0.6) is 11.5 Å². The van der Waals surface area contributed by atoms with Crippen molar-refractivity contribution >= 4 is 15.7 Å². The van der Waals surface area contributed by atoms with Crippen LogP contribution in [0.4, 0.5) is 0 Å². The Morgan fingerprint density at radius 1 is 1.00 bits per heavy atom. The van der Waals surface area contributed by atoms with E-state index in [1.54, 1.807) is 7.11 Å². The molecule has 0 spiro atoms. The molecule has 2 aromatic rings. The summed E-state index contributed by atoms with van der Waals surface area (Å²) in [6.45, 7) is 19.1. The van der Waals surface area contributed by atoms with Crippen LogP contribution >= 0.6 is 0 Å². The summed E-state index contributed by atoms with van der Waals surface area (Å²) in [5, 5.41) is 4.62. The molecule has 6 nitrogen and oxygen atoms in total. The third-order valence-corrected chi connectivity index (χ3v) is 10.8. The molecule has 1 unspecified atom stereocenters. The summed E-state index contributed by atoms with van der Waals surface area (Å²) in [6, 6.07) is 8.50. The van der Waals surface area contributed by atoms with Gasteiger partial charge >= 0.3 is 0 Å². The summed E-state index contributed by atoms with van der Waals surface area (Å²) in [7, 11) is -2.15. The molecule has 43 heavy (non-hydrogen) atoms. The highest BCUT2D eigenvalue weighted by atomic mass is 32.2. The molecule has 1 heterocycles. The number of hydrogen-bond acceptors (Lipinski definition) is 5. The van der Waals surface area contributed by atoms with Gasteiger partial charge in [-0.3, -0.25) is 0 Å². The summed E-state index contributed by atoms with van der Waals surface area (Å²) in [5.74, 6) is 2.61. The van der Waals surface area contributed by atoms with Gasteiger partial charge < -0.3 is 9.47 Å². The maximum absolute atomic E-state index is 14.0. The zero-order chi connectivity index (χ0) is 31.7. The van der Waals surface area contributed by atoms with Crippen LogP contribution in [0.25, 0.3) is 0 Å². The van der Waals surface area contributed by atoms with E-state index >= 15 is 0 Å². The van der Waals surface area contributed by atoms with Gasteiger partial charge in [0.25, 0.3) is 10.0 Å². The third kappa shape index (κ3) is 7.08. The maximum atomic E-state index is 14.0. The van der Waals surface area contributed by atoms with E-state index in [0.717, 1.165) is 59.6 Å². The lowest BCUT2D eigenvalue weighted by atomic mass is 9.66. The van der Waals surface area contributed by atoms with Crippen molar-refractivity contribution < 1.29 is 17.9 Å². The van der Waals surface area contributed by atoms with Crippen LogP contribution in [0, 0.1) is 5.92 Å². The first kappa shape index (κ1) is 33.4. The molecule has 2 atom stereocenters. The van der Waals surface area contributed by atoms with E-state index in [-0.39, 0.29) is 29.3 Å². The standard InChI is InChI=1S/C36H54N2O4S/c1-11-12-13-14-25-17-32(41-10)34-30-21-27(15-16-31(30)36(8,9)42-33(34)18-25)37-38-43(39,40)35-28(23(4)5)19-26(22(2)3)20-29(35)24(6)7/h17-20,22-24,30-31,38H,11-16,21H2,1-10H3/b37-27+/t30?,31-/m1/s1. The molecule has 0 saturated heterocycles. The van der Waals surface area contributed by atoms with Gasteiger partial charge in [-0.1, -0.05) is 73.4 Å². The van der Waals surface area contributed by atoms with E-state index in [1.165, 1.54) is 24.0 Å². The van der Waals surface area contributed by atoms with Crippen LogP contribution in [0.2, 0.25) is 0 Å². The molecule has 4 rings (SSSR count). The molecule has 1 aliphatic heterocycles. The molecular formula is C36H54N2O4S. The fourth-order valence-electron chi connectivity index (χ4n) is 6.99. The minimum Gasteiger partial charge on any atom is -0.496 e. The SMILES string of the molecule is CCCCCc1cc(OC)c2c(c1)OC(C)(C)[C@@H]1CC/C(=N\NS(=O)(=O)c3c(C(C)C)cc(C(C)C)cc3C(C)C)CC21. The second kappa shape index (κ2) is 13.2. The predicted octanol–water partition coefficient (Wildman–Crippen LogP) is 9.19. The molecule has 1 saturated carbocycles. The zero-order valence-electron chi connectivity index (χ0n) is 28.1. The van der Waals surface area contributed by atoms with Crippen LogP contribution in [0.1, 0.15) is 152 Å². The first-order valence-electron chi connectivity index (χ1n) is 16.3. The molecule has 1 aliphatic carbocycles. The number of ether oxygens (including phenoxy) is 2. The molecule has 0 aromatic heterocycles. The Morgan fingerprint density at radius 2 is 1.65 bits per heavy atom. The highest BCUT2D eigenvalue weighted by molar-refractivity contribution is 7.89. The Kier molecular flexibility index (Phi) is 10.3. The van der Waals surface area contributed by atoms with E-state index in [1.807, 2.05) is 0 Å². The molecule has 0 amide bonds. The van der Waals surface area contributed by atoms with Crippen LogP contribution in [-0.2, 0) is 16.4 Å². The van der Waals surface area contributed by atoms with Crippen molar-refractivity contribution in [3.8, 4) is 11.5 Å². The summed E-state index contributed by atoms with van der Waals surface area (Å²) in [4.78, 5) is 3.07. The summed E-state index contributed by atoms with van der Waals surface area (Å²) >= 11 is 0. The van der Waals surface area contributed by atoms with Crippen molar-refractivity contribution in [3.63, 3.8) is 0 Å². The number of rotatable bonds is 11. The predicted molar refractivity (Wildman–Crippen MR) is 177 cm³/mol. The van der Waals surface area contributed by atoms with Gasteiger partial charge in [0.05, 0.1) is 12.0 Å². The van der Waals surface area contributed by atoms with Crippen molar-refractivity contribution in [3.05, 3.63) is 52.1 Å². The van der Waals surface area contributed by atoms with Crippen LogP contribution < -0.4 is 14.3 Å². The molecule has 0 radical (unpaired) electrons. The summed E-state index contributed by atoms with van der Waals surface area (Å²) < 4.78 is 40.6. The number of fused-ring (bicyclic) bond motifs is 3.